The van der Waals surface area contributed by atoms with E-state index in [0.717, 1.165) is 43.6 Å². The summed E-state index contributed by atoms with van der Waals surface area (Å²) in [5.74, 6) is 4.22. The van der Waals surface area contributed by atoms with Crippen LogP contribution in [0.1, 0.15) is 56.1 Å². The second kappa shape index (κ2) is 6.90. The molecule has 3 heteroatoms. The number of ether oxygens (including phenoxy) is 1. The van der Waals surface area contributed by atoms with Gasteiger partial charge in [-0.15, -0.1) is 0 Å². The largest absolute Gasteiger partial charge is 0.457 e. The van der Waals surface area contributed by atoms with Crippen molar-refractivity contribution in [2.24, 2.45) is 17.3 Å². The summed E-state index contributed by atoms with van der Waals surface area (Å²) in [5.41, 5.74) is 4.09. The van der Waals surface area contributed by atoms with Crippen molar-refractivity contribution in [2.75, 3.05) is 19.0 Å². The predicted octanol–water partition coefficient (Wildman–Crippen LogP) is 5.97. The summed E-state index contributed by atoms with van der Waals surface area (Å²) in [4.78, 5) is 14.6. The molecule has 3 nitrogen and oxygen atoms in total. The minimum absolute atomic E-state index is 0.0412. The highest BCUT2D eigenvalue weighted by molar-refractivity contribution is 5.87. The molecule has 2 aromatic carbocycles. The highest BCUT2D eigenvalue weighted by atomic mass is 16.5. The van der Waals surface area contributed by atoms with E-state index >= 15 is 0 Å². The first-order valence-corrected chi connectivity index (χ1v) is 11.1. The number of nitrogens with zero attached hydrogens (tertiary/aromatic N) is 1. The molecule has 5 rings (SSSR count). The Morgan fingerprint density at radius 3 is 2.48 bits per heavy atom. The van der Waals surface area contributed by atoms with E-state index in [0.29, 0.717) is 23.5 Å². The molecule has 4 atom stereocenters. The molecule has 0 aromatic heterocycles. The van der Waals surface area contributed by atoms with E-state index in [-0.39, 0.29) is 5.41 Å². The SMILES string of the molecule is CN(C)c1ccc(Oc2ccc3c(c2)CC[C@@H]2[C@H]4CCC(=O)[C@@]4(C)CC[C@@H]32)cc1. The van der Waals surface area contributed by atoms with Gasteiger partial charge in [0.25, 0.3) is 0 Å². The van der Waals surface area contributed by atoms with E-state index in [1.165, 1.54) is 23.2 Å². The normalized spacial score (nSPS) is 30.3. The van der Waals surface area contributed by atoms with Crippen molar-refractivity contribution in [3.8, 4) is 11.5 Å². The molecule has 0 heterocycles. The number of benzene rings is 2. The smallest absolute Gasteiger partial charge is 0.139 e. The molecular formula is C26H31NO2. The van der Waals surface area contributed by atoms with E-state index in [1.807, 2.05) is 26.2 Å². The minimum Gasteiger partial charge on any atom is -0.457 e. The number of rotatable bonds is 3. The summed E-state index contributed by atoms with van der Waals surface area (Å²) in [7, 11) is 4.09. The number of carbonyl (C=O) groups is 1. The summed E-state index contributed by atoms with van der Waals surface area (Å²) in [5, 5.41) is 0. The van der Waals surface area contributed by atoms with E-state index in [9.17, 15) is 4.79 Å². The number of anilines is 1. The van der Waals surface area contributed by atoms with Gasteiger partial charge in [0.2, 0.25) is 0 Å². The molecule has 2 aromatic rings. The molecule has 0 saturated heterocycles. The third kappa shape index (κ3) is 3.06. The molecule has 0 aliphatic heterocycles. The van der Waals surface area contributed by atoms with E-state index in [1.54, 1.807) is 0 Å². The zero-order chi connectivity index (χ0) is 20.2. The first kappa shape index (κ1) is 18.7. The van der Waals surface area contributed by atoms with Gasteiger partial charge in [0.1, 0.15) is 17.3 Å². The Bertz CT molecular complexity index is 932. The molecular weight excluding hydrogens is 358 g/mol. The molecule has 29 heavy (non-hydrogen) atoms. The minimum atomic E-state index is -0.0412. The number of ketones is 1. The maximum atomic E-state index is 12.5. The molecule has 2 fully saturated rings. The predicted molar refractivity (Wildman–Crippen MR) is 117 cm³/mol. The van der Waals surface area contributed by atoms with Gasteiger partial charge in [0.05, 0.1) is 0 Å². The molecule has 3 aliphatic carbocycles. The lowest BCUT2D eigenvalue weighted by molar-refractivity contribution is -0.129. The van der Waals surface area contributed by atoms with Crippen LogP contribution in [0.25, 0.3) is 0 Å². The van der Waals surface area contributed by atoms with Gasteiger partial charge in [-0.3, -0.25) is 4.79 Å². The lowest BCUT2D eigenvalue weighted by Crippen LogP contribution is -2.42. The van der Waals surface area contributed by atoms with E-state index in [2.05, 4.69) is 42.2 Å². The third-order valence-corrected chi connectivity index (χ3v) is 8.00. The molecule has 3 aliphatic rings. The topological polar surface area (TPSA) is 29.5 Å². The Morgan fingerprint density at radius 1 is 0.966 bits per heavy atom. The van der Waals surface area contributed by atoms with Crippen LogP contribution in [0.4, 0.5) is 5.69 Å². The molecule has 0 unspecified atom stereocenters. The Hall–Kier alpha value is -2.29. The molecule has 0 spiro atoms. The highest BCUT2D eigenvalue weighted by Gasteiger charge is 2.54. The summed E-state index contributed by atoms with van der Waals surface area (Å²) in [6.45, 7) is 2.25. The van der Waals surface area contributed by atoms with Crippen LogP contribution in [0.15, 0.2) is 42.5 Å². The Morgan fingerprint density at radius 2 is 1.72 bits per heavy atom. The molecule has 0 bridgehead atoms. The van der Waals surface area contributed by atoms with Crippen molar-refractivity contribution in [1.29, 1.82) is 0 Å². The number of hydrogen-bond donors (Lipinski definition) is 0. The van der Waals surface area contributed by atoms with Gasteiger partial charge in [-0.1, -0.05) is 13.0 Å². The standard InChI is InChI=1S/C26H31NO2/c1-26-15-14-22-21-11-9-20(29-19-7-5-18(6-8-19)27(2)3)16-17(21)4-10-23(22)24(26)12-13-25(26)28/h5-9,11,16,22-24H,4,10,12-15H2,1-3H3/t22-,23-,24+,26-/m0/s1. The van der Waals surface area contributed by atoms with Crippen LogP contribution < -0.4 is 9.64 Å². The van der Waals surface area contributed by atoms with Crippen LogP contribution in [0, 0.1) is 17.3 Å². The number of Topliss-reactive ketones (excluding diaryl/α,β-unsaturated/α-hetero) is 1. The Labute approximate surface area is 174 Å². The fourth-order valence-electron chi connectivity index (χ4n) is 6.34. The van der Waals surface area contributed by atoms with Gasteiger partial charge in [0.15, 0.2) is 0 Å². The molecule has 0 amide bonds. The second-order valence-electron chi connectivity index (χ2n) is 9.68. The van der Waals surface area contributed by atoms with Crippen molar-refractivity contribution >= 4 is 11.5 Å². The lowest BCUT2D eigenvalue weighted by atomic mass is 9.55. The lowest BCUT2D eigenvalue weighted by Gasteiger charge is -2.48. The molecule has 0 radical (unpaired) electrons. The molecule has 2 saturated carbocycles. The molecule has 152 valence electrons. The summed E-state index contributed by atoms with van der Waals surface area (Å²) in [6.07, 6.45) is 6.45. The number of aryl methyl sites for hydroxylation is 1. The molecule has 0 N–H and O–H groups in total. The van der Waals surface area contributed by atoms with E-state index in [4.69, 9.17) is 4.74 Å². The maximum absolute atomic E-state index is 12.5. The van der Waals surface area contributed by atoms with Gasteiger partial charge in [-0.2, -0.15) is 0 Å². The van der Waals surface area contributed by atoms with E-state index < -0.39 is 0 Å². The average Bonchev–Trinajstić information content (AvgIpc) is 3.03. The average molecular weight is 390 g/mol. The monoisotopic (exact) mass is 389 g/mol. The van der Waals surface area contributed by atoms with Gasteiger partial charge in [-0.25, -0.2) is 0 Å². The second-order valence-corrected chi connectivity index (χ2v) is 9.68. The fourth-order valence-corrected chi connectivity index (χ4v) is 6.34. The van der Waals surface area contributed by atoms with Crippen molar-refractivity contribution < 1.29 is 9.53 Å². The van der Waals surface area contributed by atoms with Crippen LogP contribution in [-0.2, 0) is 11.2 Å². The van der Waals surface area contributed by atoms with Crippen LogP contribution in [-0.4, -0.2) is 19.9 Å². The number of fused-ring (bicyclic) bond motifs is 5. The maximum Gasteiger partial charge on any atom is 0.139 e. The number of hydrogen-bond acceptors (Lipinski definition) is 3. The summed E-state index contributed by atoms with van der Waals surface area (Å²) >= 11 is 0. The highest BCUT2D eigenvalue weighted by Crippen LogP contribution is 2.59. The van der Waals surface area contributed by atoms with Crippen molar-refractivity contribution in [3.05, 3.63) is 53.6 Å². The summed E-state index contributed by atoms with van der Waals surface area (Å²) < 4.78 is 6.15. The first-order chi connectivity index (χ1) is 14.0. The Balaban J connectivity index is 1.36. The zero-order valence-electron chi connectivity index (χ0n) is 17.8. The first-order valence-electron chi connectivity index (χ1n) is 11.1. The van der Waals surface area contributed by atoms with Gasteiger partial charge in [0, 0.05) is 31.6 Å². The van der Waals surface area contributed by atoms with Crippen LogP contribution >= 0.6 is 0 Å². The van der Waals surface area contributed by atoms with Crippen molar-refractivity contribution in [2.45, 2.75) is 51.4 Å². The quantitative estimate of drug-likeness (QED) is 0.648. The van der Waals surface area contributed by atoms with Gasteiger partial charge < -0.3 is 9.64 Å². The van der Waals surface area contributed by atoms with Crippen LogP contribution in [0.2, 0.25) is 0 Å². The Kier molecular flexibility index (Phi) is 4.45. The van der Waals surface area contributed by atoms with Gasteiger partial charge in [-0.05, 0) is 97.4 Å². The summed E-state index contributed by atoms with van der Waals surface area (Å²) in [6, 6.07) is 14.9. The van der Waals surface area contributed by atoms with Gasteiger partial charge >= 0.3 is 0 Å². The zero-order valence-corrected chi connectivity index (χ0v) is 17.8. The van der Waals surface area contributed by atoms with Crippen molar-refractivity contribution in [1.82, 2.24) is 0 Å². The number of carbonyl (C=O) groups excluding carboxylic acids is 1. The third-order valence-electron chi connectivity index (χ3n) is 8.00. The van der Waals surface area contributed by atoms with Crippen molar-refractivity contribution in [3.63, 3.8) is 0 Å². The van der Waals surface area contributed by atoms with Crippen LogP contribution in [0.5, 0.6) is 11.5 Å². The van der Waals surface area contributed by atoms with Crippen LogP contribution in [0.3, 0.4) is 0 Å². The fraction of sp³-hybridized carbons (Fsp3) is 0.500.